The molecule has 1 amide bonds. The number of nitrogens with one attached hydrogen (secondary N) is 1. The van der Waals surface area contributed by atoms with Crippen LogP contribution >= 0.6 is 0 Å². The Morgan fingerprint density at radius 2 is 1.83 bits per heavy atom. The third kappa shape index (κ3) is 4.90. The molecule has 1 atom stereocenters. The molecule has 0 aromatic heterocycles. The van der Waals surface area contributed by atoms with Crippen LogP contribution in [0.15, 0.2) is 48.5 Å². The Bertz CT molecular complexity index is 670. The Balaban J connectivity index is 2.05. The lowest BCUT2D eigenvalue weighted by molar-refractivity contribution is -0.117. The Morgan fingerprint density at radius 1 is 1.17 bits per heavy atom. The monoisotopic (exact) mass is 328 g/mol. The molecule has 128 valence electrons. The topological polar surface area (TPSA) is 32.3 Å². The van der Waals surface area contributed by atoms with E-state index in [1.807, 2.05) is 38.1 Å². The molecular weight excluding hydrogens is 303 g/mol. The number of hydrogen-bond donors (Lipinski definition) is 1. The van der Waals surface area contributed by atoms with Crippen LogP contribution in [0.4, 0.5) is 10.1 Å². The van der Waals surface area contributed by atoms with Gasteiger partial charge in [-0.25, -0.2) is 4.39 Å². The minimum atomic E-state index is -0.245. The molecule has 0 spiro atoms. The number of anilines is 1. The lowest BCUT2D eigenvalue weighted by atomic mass is 10.1. The van der Waals surface area contributed by atoms with Crippen molar-refractivity contribution in [3.05, 3.63) is 65.5 Å². The zero-order valence-electron chi connectivity index (χ0n) is 14.6. The number of nitrogens with zero attached hydrogens (tertiary/aromatic N) is 1. The second kappa shape index (κ2) is 8.60. The van der Waals surface area contributed by atoms with Gasteiger partial charge in [0.05, 0.1) is 6.54 Å². The van der Waals surface area contributed by atoms with Crippen LogP contribution in [-0.4, -0.2) is 23.9 Å². The van der Waals surface area contributed by atoms with Crippen molar-refractivity contribution in [3.8, 4) is 0 Å². The lowest BCUT2D eigenvalue weighted by Gasteiger charge is -2.28. The molecule has 0 fully saturated rings. The van der Waals surface area contributed by atoms with Crippen molar-refractivity contribution >= 4 is 11.6 Å². The van der Waals surface area contributed by atoms with E-state index in [0.29, 0.717) is 6.54 Å². The second-order valence-electron chi connectivity index (χ2n) is 6.06. The van der Waals surface area contributed by atoms with Crippen LogP contribution in [0.1, 0.15) is 37.4 Å². The summed E-state index contributed by atoms with van der Waals surface area (Å²) in [5, 5.41) is 2.97. The van der Waals surface area contributed by atoms with Gasteiger partial charge < -0.3 is 5.32 Å². The predicted octanol–water partition coefficient (Wildman–Crippen LogP) is 4.55. The highest BCUT2D eigenvalue weighted by molar-refractivity contribution is 5.92. The van der Waals surface area contributed by atoms with Gasteiger partial charge in [0.25, 0.3) is 0 Å². The molecule has 1 unspecified atom stereocenters. The molecule has 24 heavy (non-hydrogen) atoms. The maximum Gasteiger partial charge on any atom is 0.238 e. The maximum atomic E-state index is 13.1. The molecule has 0 saturated carbocycles. The van der Waals surface area contributed by atoms with E-state index in [-0.39, 0.29) is 17.8 Å². The van der Waals surface area contributed by atoms with E-state index in [4.69, 9.17) is 0 Å². The highest BCUT2D eigenvalue weighted by atomic mass is 19.1. The third-order valence-corrected chi connectivity index (χ3v) is 4.18. The summed E-state index contributed by atoms with van der Waals surface area (Å²) in [6.45, 7) is 7.22. The Hall–Kier alpha value is -2.20. The lowest BCUT2D eigenvalue weighted by Crippen LogP contribution is -2.36. The number of benzene rings is 2. The SMILES string of the molecule is CCCN(CC(=O)Nc1ccccc1C)C(C)c1ccc(F)cc1. The first-order valence-corrected chi connectivity index (χ1v) is 8.36. The fourth-order valence-corrected chi connectivity index (χ4v) is 2.74. The standard InChI is InChI=1S/C20H25FN2O/c1-4-13-23(16(3)17-9-11-18(21)12-10-17)14-20(24)22-19-8-6-5-7-15(19)2/h5-12,16H,4,13-14H2,1-3H3,(H,22,24). The van der Waals surface area contributed by atoms with E-state index in [2.05, 4.69) is 17.1 Å². The highest BCUT2D eigenvalue weighted by Gasteiger charge is 2.18. The van der Waals surface area contributed by atoms with Crippen molar-refractivity contribution < 1.29 is 9.18 Å². The first-order valence-electron chi connectivity index (χ1n) is 8.36. The van der Waals surface area contributed by atoms with Crippen LogP contribution in [0.3, 0.4) is 0 Å². The molecular formula is C20H25FN2O. The summed E-state index contributed by atoms with van der Waals surface area (Å²) < 4.78 is 13.1. The van der Waals surface area contributed by atoms with Gasteiger partial charge in [-0.05, 0) is 56.1 Å². The summed E-state index contributed by atoms with van der Waals surface area (Å²) in [6, 6.07) is 14.3. The van der Waals surface area contributed by atoms with Gasteiger partial charge in [0.2, 0.25) is 5.91 Å². The first-order chi connectivity index (χ1) is 11.5. The number of aryl methyl sites for hydroxylation is 1. The number of amides is 1. The van der Waals surface area contributed by atoms with Crippen molar-refractivity contribution in [2.45, 2.75) is 33.2 Å². The number of carbonyl (C=O) groups is 1. The van der Waals surface area contributed by atoms with Gasteiger partial charge in [-0.2, -0.15) is 0 Å². The fraction of sp³-hybridized carbons (Fsp3) is 0.350. The number of carbonyl (C=O) groups excluding carboxylic acids is 1. The zero-order chi connectivity index (χ0) is 17.5. The molecule has 0 aliphatic rings. The van der Waals surface area contributed by atoms with E-state index >= 15 is 0 Å². The van der Waals surface area contributed by atoms with Gasteiger partial charge in [0, 0.05) is 11.7 Å². The van der Waals surface area contributed by atoms with Crippen LogP contribution in [0.5, 0.6) is 0 Å². The van der Waals surface area contributed by atoms with Gasteiger partial charge >= 0.3 is 0 Å². The minimum Gasteiger partial charge on any atom is -0.325 e. The summed E-state index contributed by atoms with van der Waals surface area (Å²) in [6.07, 6.45) is 0.948. The summed E-state index contributed by atoms with van der Waals surface area (Å²) in [5.74, 6) is -0.281. The first kappa shape index (κ1) is 18.1. The average molecular weight is 328 g/mol. The molecule has 0 heterocycles. The van der Waals surface area contributed by atoms with E-state index in [0.717, 1.165) is 29.8 Å². The average Bonchev–Trinajstić information content (AvgIpc) is 2.56. The maximum absolute atomic E-state index is 13.1. The second-order valence-corrected chi connectivity index (χ2v) is 6.06. The van der Waals surface area contributed by atoms with Crippen LogP contribution in [0.2, 0.25) is 0 Å². The molecule has 3 nitrogen and oxygen atoms in total. The predicted molar refractivity (Wildman–Crippen MR) is 96.5 cm³/mol. The molecule has 0 aliphatic carbocycles. The van der Waals surface area contributed by atoms with Crippen molar-refractivity contribution in [2.24, 2.45) is 0 Å². The Kier molecular flexibility index (Phi) is 6.50. The molecule has 2 aromatic carbocycles. The third-order valence-electron chi connectivity index (χ3n) is 4.18. The van der Waals surface area contributed by atoms with Gasteiger partial charge in [-0.1, -0.05) is 37.3 Å². The Morgan fingerprint density at radius 3 is 2.46 bits per heavy atom. The molecule has 1 N–H and O–H groups in total. The quantitative estimate of drug-likeness (QED) is 0.809. The number of hydrogen-bond acceptors (Lipinski definition) is 2. The molecule has 4 heteroatoms. The largest absolute Gasteiger partial charge is 0.325 e. The minimum absolute atomic E-state index is 0.0355. The molecule has 2 aromatic rings. The number of rotatable bonds is 7. The summed E-state index contributed by atoms with van der Waals surface area (Å²) >= 11 is 0. The van der Waals surface area contributed by atoms with E-state index in [9.17, 15) is 9.18 Å². The summed E-state index contributed by atoms with van der Waals surface area (Å²) in [5.41, 5.74) is 2.89. The van der Waals surface area contributed by atoms with E-state index in [1.54, 1.807) is 12.1 Å². The van der Waals surface area contributed by atoms with Crippen molar-refractivity contribution in [2.75, 3.05) is 18.4 Å². The number of halogens is 1. The van der Waals surface area contributed by atoms with Gasteiger partial charge in [-0.3, -0.25) is 9.69 Å². The molecule has 2 rings (SSSR count). The van der Waals surface area contributed by atoms with E-state index < -0.39 is 0 Å². The normalized spacial score (nSPS) is 12.2. The van der Waals surface area contributed by atoms with Crippen molar-refractivity contribution in [1.29, 1.82) is 0 Å². The zero-order valence-corrected chi connectivity index (χ0v) is 14.6. The fourth-order valence-electron chi connectivity index (χ4n) is 2.74. The van der Waals surface area contributed by atoms with Gasteiger partial charge in [-0.15, -0.1) is 0 Å². The van der Waals surface area contributed by atoms with Crippen LogP contribution in [0.25, 0.3) is 0 Å². The van der Waals surface area contributed by atoms with Crippen LogP contribution in [0, 0.1) is 12.7 Å². The molecule has 0 bridgehead atoms. The highest BCUT2D eigenvalue weighted by Crippen LogP contribution is 2.21. The van der Waals surface area contributed by atoms with Crippen molar-refractivity contribution in [3.63, 3.8) is 0 Å². The smallest absolute Gasteiger partial charge is 0.238 e. The summed E-state index contributed by atoms with van der Waals surface area (Å²) in [7, 11) is 0. The number of para-hydroxylation sites is 1. The van der Waals surface area contributed by atoms with Gasteiger partial charge in [0.15, 0.2) is 0 Å². The van der Waals surface area contributed by atoms with Gasteiger partial charge in [0.1, 0.15) is 5.82 Å². The molecule has 0 radical (unpaired) electrons. The van der Waals surface area contributed by atoms with Crippen molar-refractivity contribution in [1.82, 2.24) is 4.90 Å². The van der Waals surface area contributed by atoms with Crippen LogP contribution < -0.4 is 5.32 Å². The van der Waals surface area contributed by atoms with Crippen LogP contribution in [-0.2, 0) is 4.79 Å². The molecule has 0 aliphatic heterocycles. The molecule has 0 saturated heterocycles. The Labute approximate surface area is 143 Å². The summed E-state index contributed by atoms with van der Waals surface area (Å²) in [4.78, 5) is 14.5. The van der Waals surface area contributed by atoms with E-state index in [1.165, 1.54) is 12.1 Å².